The zero-order valence-corrected chi connectivity index (χ0v) is 19.9. The molecule has 0 spiro atoms. The number of benzene rings is 2. The molecule has 5 rings (SSSR count). The van der Waals surface area contributed by atoms with Crippen molar-refractivity contribution in [1.29, 1.82) is 0 Å². The van der Waals surface area contributed by atoms with Gasteiger partial charge in [-0.25, -0.2) is 14.8 Å². The molecule has 35 heavy (non-hydrogen) atoms. The first kappa shape index (κ1) is 22.7. The maximum Gasteiger partial charge on any atom is 0.335 e. The van der Waals surface area contributed by atoms with E-state index in [4.69, 9.17) is 10.5 Å². The van der Waals surface area contributed by atoms with Crippen LogP contribution in [0.2, 0.25) is 0 Å². The van der Waals surface area contributed by atoms with Crippen LogP contribution in [0.15, 0.2) is 76.7 Å². The van der Waals surface area contributed by atoms with Gasteiger partial charge in [0, 0.05) is 19.2 Å². The van der Waals surface area contributed by atoms with Gasteiger partial charge in [-0.2, -0.15) is 0 Å². The first-order valence-electron chi connectivity index (χ1n) is 11.2. The number of likely N-dealkylation sites (tertiary alicyclic amines) is 1. The number of nitrogens with two attached hydrogens (primary N) is 1. The molecule has 2 aromatic heterocycles. The van der Waals surface area contributed by atoms with Gasteiger partial charge in [0.1, 0.15) is 23.3 Å². The number of aromatic nitrogens is 4. The lowest BCUT2D eigenvalue weighted by Gasteiger charge is -2.15. The van der Waals surface area contributed by atoms with E-state index < -0.39 is 0 Å². The zero-order chi connectivity index (χ0) is 24.5. The fourth-order valence-corrected chi connectivity index (χ4v) is 4.46. The summed E-state index contributed by atoms with van der Waals surface area (Å²) in [6, 6.07) is 16.4. The van der Waals surface area contributed by atoms with Crippen molar-refractivity contribution in [1.82, 2.24) is 24.0 Å². The molecule has 1 aliphatic rings. The van der Waals surface area contributed by atoms with E-state index in [-0.39, 0.29) is 23.5 Å². The maximum atomic E-state index is 13.7. The van der Waals surface area contributed by atoms with Crippen molar-refractivity contribution in [2.24, 2.45) is 0 Å². The van der Waals surface area contributed by atoms with Crippen LogP contribution in [0.1, 0.15) is 19.4 Å². The highest BCUT2D eigenvalue weighted by atomic mass is 32.1. The molecule has 2 aromatic carbocycles. The van der Waals surface area contributed by atoms with Crippen LogP contribution in [0, 0.1) is 0 Å². The summed E-state index contributed by atoms with van der Waals surface area (Å²) >= 11 is 4.19. The average Bonchev–Trinajstić information content (AvgIpc) is 3.43. The lowest BCUT2D eigenvalue weighted by atomic mass is 10.2. The smallest absolute Gasteiger partial charge is 0.335 e. The number of carbonyl (C=O) groups excluding carboxylic acids is 1. The Morgan fingerprint density at radius 2 is 1.83 bits per heavy atom. The summed E-state index contributed by atoms with van der Waals surface area (Å²) in [7, 11) is 0. The Hall–Kier alpha value is -4.05. The minimum absolute atomic E-state index is 0.125. The Bertz CT molecular complexity index is 1470. The van der Waals surface area contributed by atoms with Crippen LogP contribution in [0.4, 0.5) is 5.82 Å². The number of anilines is 1. The predicted octanol–water partition coefficient (Wildman–Crippen LogP) is 3.56. The van der Waals surface area contributed by atoms with Crippen molar-refractivity contribution < 1.29 is 9.53 Å². The fourth-order valence-electron chi connectivity index (χ4n) is 4.35. The number of nitrogens with zero attached hydrogens (tertiary/aromatic N) is 5. The quantitative estimate of drug-likeness (QED) is 0.329. The molecule has 0 aliphatic carbocycles. The molecular weight excluding hydrogens is 464 g/mol. The molecule has 1 aliphatic heterocycles. The van der Waals surface area contributed by atoms with Crippen LogP contribution in [0.25, 0.3) is 16.9 Å². The van der Waals surface area contributed by atoms with Crippen LogP contribution < -0.4 is 16.2 Å². The van der Waals surface area contributed by atoms with Crippen LogP contribution >= 0.6 is 12.6 Å². The lowest BCUT2D eigenvalue weighted by molar-refractivity contribution is -0.125. The number of para-hydroxylation sites is 1. The molecule has 1 fully saturated rings. The maximum absolute atomic E-state index is 13.7. The third kappa shape index (κ3) is 4.40. The molecule has 1 amide bonds. The second-order valence-corrected chi connectivity index (χ2v) is 9.05. The standard InChI is InChI=1S/C25H24N6O3S/c1-16(35)13-21(32)29-12-11-18(14-29)31-24-22(23(26)27-15-28-24)30(25(31)33)17-7-9-20(10-8-17)34-19-5-3-2-4-6-19/h2-10,13,15,18,35H,11-12,14H2,1H3,(H2,26,27,28)/b16-13-/t18-/m1/s1. The number of nitrogen functional groups attached to an aromatic ring is 1. The summed E-state index contributed by atoms with van der Waals surface area (Å²) in [5.74, 6) is 1.43. The number of allylic oxidation sites excluding steroid dienone is 1. The Balaban J connectivity index is 1.52. The first-order valence-corrected chi connectivity index (χ1v) is 11.6. The summed E-state index contributed by atoms with van der Waals surface area (Å²) in [6.07, 6.45) is 3.45. The van der Waals surface area contributed by atoms with Crippen molar-refractivity contribution in [2.75, 3.05) is 18.8 Å². The Labute approximate surface area is 206 Å². The van der Waals surface area contributed by atoms with E-state index in [0.29, 0.717) is 47.0 Å². The SMILES string of the molecule is C/C(S)=C/C(=O)N1CC[C@@H](n2c(=O)n(-c3ccc(Oc4ccccc4)cc3)c3c(N)ncnc32)C1. The second-order valence-electron chi connectivity index (χ2n) is 8.34. The molecule has 4 aromatic rings. The summed E-state index contributed by atoms with van der Waals surface area (Å²) in [6.45, 7) is 2.68. The molecule has 10 heteroatoms. The van der Waals surface area contributed by atoms with Gasteiger partial charge in [-0.05, 0) is 54.6 Å². The molecule has 0 saturated carbocycles. The fraction of sp³-hybridized carbons (Fsp3) is 0.200. The average molecular weight is 489 g/mol. The summed E-state index contributed by atoms with van der Waals surface area (Å²) in [4.78, 5) is 37.0. The van der Waals surface area contributed by atoms with Crippen LogP contribution in [-0.4, -0.2) is 43.0 Å². The van der Waals surface area contributed by atoms with E-state index in [1.54, 1.807) is 40.7 Å². The summed E-state index contributed by atoms with van der Waals surface area (Å²) < 4.78 is 9.00. The Morgan fingerprint density at radius 1 is 1.11 bits per heavy atom. The third-order valence-corrected chi connectivity index (χ3v) is 6.06. The minimum atomic E-state index is -0.288. The Morgan fingerprint density at radius 3 is 2.54 bits per heavy atom. The highest BCUT2D eigenvalue weighted by Crippen LogP contribution is 2.29. The Kier molecular flexibility index (Phi) is 6.04. The number of amides is 1. The predicted molar refractivity (Wildman–Crippen MR) is 137 cm³/mol. The van der Waals surface area contributed by atoms with Gasteiger partial charge in [-0.15, -0.1) is 12.6 Å². The molecule has 0 bridgehead atoms. The number of imidazole rings is 1. The van der Waals surface area contributed by atoms with Gasteiger partial charge >= 0.3 is 5.69 Å². The second kappa shape index (κ2) is 9.30. The number of fused-ring (bicyclic) bond motifs is 1. The van der Waals surface area contributed by atoms with Gasteiger partial charge in [0.25, 0.3) is 0 Å². The van der Waals surface area contributed by atoms with E-state index in [9.17, 15) is 9.59 Å². The molecule has 0 unspecified atom stereocenters. The molecular formula is C25H24N6O3S. The number of ether oxygens (including phenoxy) is 1. The van der Waals surface area contributed by atoms with Crippen molar-refractivity contribution in [3.8, 4) is 17.2 Å². The normalized spacial score (nSPS) is 16.1. The van der Waals surface area contributed by atoms with Gasteiger partial charge < -0.3 is 15.4 Å². The topological polar surface area (TPSA) is 108 Å². The van der Waals surface area contributed by atoms with E-state index >= 15 is 0 Å². The number of carbonyl (C=O) groups is 1. The van der Waals surface area contributed by atoms with Crippen molar-refractivity contribution >= 4 is 35.5 Å². The highest BCUT2D eigenvalue weighted by Gasteiger charge is 2.31. The monoisotopic (exact) mass is 488 g/mol. The van der Waals surface area contributed by atoms with Crippen LogP contribution in [0.5, 0.6) is 11.5 Å². The minimum Gasteiger partial charge on any atom is -0.457 e. The van der Waals surface area contributed by atoms with E-state index in [1.165, 1.54) is 17.0 Å². The number of hydrogen-bond acceptors (Lipinski definition) is 7. The number of hydrogen-bond donors (Lipinski definition) is 2. The molecule has 1 saturated heterocycles. The molecule has 178 valence electrons. The number of rotatable bonds is 5. The first-order chi connectivity index (χ1) is 16.9. The molecule has 2 N–H and O–H groups in total. The summed E-state index contributed by atoms with van der Waals surface area (Å²) in [5, 5.41) is 0. The van der Waals surface area contributed by atoms with E-state index in [0.717, 1.165) is 5.75 Å². The summed E-state index contributed by atoms with van der Waals surface area (Å²) in [5.41, 5.74) is 7.40. The molecule has 0 radical (unpaired) electrons. The van der Waals surface area contributed by atoms with E-state index in [1.807, 2.05) is 30.3 Å². The van der Waals surface area contributed by atoms with Crippen LogP contribution in [0.3, 0.4) is 0 Å². The van der Waals surface area contributed by atoms with Gasteiger partial charge in [-0.1, -0.05) is 18.2 Å². The van der Waals surface area contributed by atoms with Crippen LogP contribution in [-0.2, 0) is 4.79 Å². The zero-order valence-electron chi connectivity index (χ0n) is 19.0. The third-order valence-electron chi connectivity index (χ3n) is 5.93. The van der Waals surface area contributed by atoms with Crippen molar-refractivity contribution in [2.45, 2.75) is 19.4 Å². The van der Waals surface area contributed by atoms with E-state index in [2.05, 4.69) is 22.6 Å². The molecule has 9 nitrogen and oxygen atoms in total. The largest absolute Gasteiger partial charge is 0.457 e. The highest BCUT2D eigenvalue weighted by molar-refractivity contribution is 7.84. The van der Waals surface area contributed by atoms with Gasteiger partial charge in [0.05, 0.1) is 11.7 Å². The lowest BCUT2D eigenvalue weighted by Crippen LogP contribution is -2.31. The van der Waals surface area contributed by atoms with Crippen molar-refractivity contribution in [3.05, 3.63) is 82.4 Å². The van der Waals surface area contributed by atoms with Gasteiger partial charge in [0.15, 0.2) is 11.5 Å². The molecule has 1 atom stereocenters. The van der Waals surface area contributed by atoms with Gasteiger partial charge in [0.2, 0.25) is 5.91 Å². The molecule has 3 heterocycles. The van der Waals surface area contributed by atoms with Crippen molar-refractivity contribution in [3.63, 3.8) is 0 Å². The van der Waals surface area contributed by atoms with Gasteiger partial charge in [-0.3, -0.25) is 13.9 Å². The number of thiol groups is 1.